The third kappa shape index (κ3) is 3.43. The van der Waals surface area contributed by atoms with E-state index in [1.807, 2.05) is 24.3 Å². The lowest BCUT2D eigenvalue weighted by Gasteiger charge is -2.26. The van der Waals surface area contributed by atoms with Crippen LogP contribution in [0.5, 0.6) is 11.5 Å². The SMILES string of the molecule is O=C(NCC1COc2ccccc2O1)Nc1ccccc1Cl. The topological polar surface area (TPSA) is 59.6 Å². The van der Waals surface area contributed by atoms with Crippen molar-refractivity contribution in [3.05, 3.63) is 53.6 Å². The first kappa shape index (κ1) is 14.5. The van der Waals surface area contributed by atoms with Gasteiger partial charge in [-0.15, -0.1) is 0 Å². The summed E-state index contributed by atoms with van der Waals surface area (Å²) in [5.41, 5.74) is 0.563. The van der Waals surface area contributed by atoms with Crippen LogP contribution in [0.2, 0.25) is 5.02 Å². The van der Waals surface area contributed by atoms with Gasteiger partial charge in [-0.05, 0) is 24.3 Å². The van der Waals surface area contributed by atoms with Crippen molar-refractivity contribution in [2.75, 3.05) is 18.5 Å². The van der Waals surface area contributed by atoms with Gasteiger partial charge >= 0.3 is 6.03 Å². The molecule has 0 aromatic heterocycles. The van der Waals surface area contributed by atoms with Gasteiger partial charge in [-0.1, -0.05) is 35.9 Å². The largest absolute Gasteiger partial charge is 0.486 e. The van der Waals surface area contributed by atoms with Crippen molar-refractivity contribution in [2.24, 2.45) is 0 Å². The number of hydrogen-bond acceptors (Lipinski definition) is 3. The molecule has 1 aliphatic rings. The molecule has 0 aliphatic carbocycles. The van der Waals surface area contributed by atoms with Gasteiger partial charge < -0.3 is 20.1 Å². The zero-order chi connectivity index (χ0) is 15.4. The van der Waals surface area contributed by atoms with E-state index in [9.17, 15) is 4.79 Å². The van der Waals surface area contributed by atoms with Gasteiger partial charge in [-0.25, -0.2) is 4.79 Å². The highest BCUT2D eigenvalue weighted by Gasteiger charge is 2.21. The number of para-hydroxylation sites is 3. The highest BCUT2D eigenvalue weighted by atomic mass is 35.5. The molecule has 1 atom stereocenters. The molecule has 0 saturated heterocycles. The molecule has 22 heavy (non-hydrogen) atoms. The van der Waals surface area contributed by atoms with Crippen molar-refractivity contribution in [3.63, 3.8) is 0 Å². The van der Waals surface area contributed by atoms with Crippen molar-refractivity contribution in [2.45, 2.75) is 6.10 Å². The van der Waals surface area contributed by atoms with Crippen LogP contribution in [-0.4, -0.2) is 25.3 Å². The van der Waals surface area contributed by atoms with E-state index in [0.717, 1.165) is 5.75 Å². The van der Waals surface area contributed by atoms with Gasteiger partial charge in [0, 0.05) is 0 Å². The monoisotopic (exact) mass is 318 g/mol. The number of fused-ring (bicyclic) bond motifs is 1. The predicted octanol–water partition coefficient (Wildman–Crippen LogP) is 3.30. The molecule has 1 heterocycles. The number of nitrogens with one attached hydrogen (secondary N) is 2. The second-order valence-electron chi connectivity index (χ2n) is 4.81. The van der Waals surface area contributed by atoms with Gasteiger partial charge in [0.25, 0.3) is 0 Å². The van der Waals surface area contributed by atoms with Crippen molar-refractivity contribution >= 4 is 23.3 Å². The summed E-state index contributed by atoms with van der Waals surface area (Å²) in [6, 6.07) is 14.2. The lowest BCUT2D eigenvalue weighted by atomic mass is 10.2. The fourth-order valence-corrected chi connectivity index (χ4v) is 2.28. The summed E-state index contributed by atoms with van der Waals surface area (Å²) in [5, 5.41) is 5.93. The standard InChI is InChI=1S/C16H15ClN2O3/c17-12-5-1-2-6-13(12)19-16(20)18-9-11-10-21-14-7-3-4-8-15(14)22-11/h1-8,11H,9-10H2,(H2,18,19,20). The lowest BCUT2D eigenvalue weighted by molar-refractivity contribution is 0.0922. The van der Waals surface area contributed by atoms with E-state index in [1.54, 1.807) is 24.3 Å². The summed E-state index contributed by atoms with van der Waals surface area (Å²) in [6.07, 6.45) is -0.230. The summed E-state index contributed by atoms with van der Waals surface area (Å²) >= 11 is 5.99. The van der Waals surface area contributed by atoms with E-state index in [0.29, 0.717) is 29.6 Å². The van der Waals surface area contributed by atoms with Crippen LogP contribution in [0, 0.1) is 0 Å². The number of ether oxygens (including phenoxy) is 2. The Hall–Kier alpha value is -2.40. The molecule has 2 aromatic carbocycles. The van der Waals surface area contributed by atoms with E-state index in [4.69, 9.17) is 21.1 Å². The number of rotatable bonds is 3. The number of carbonyl (C=O) groups is 1. The third-order valence-electron chi connectivity index (χ3n) is 3.18. The summed E-state index contributed by atoms with van der Waals surface area (Å²) in [7, 11) is 0. The molecule has 0 spiro atoms. The maximum Gasteiger partial charge on any atom is 0.319 e. The van der Waals surface area contributed by atoms with Gasteiger partial charge in [-0.2, -0.15) is 0 Å². The van der Waals surface area contributed by atoms with Crippen LogP contribution < -0.4 is 20.1 Å². The van der Waals surface area contributed by atoms with Crippen molar-refractivity contribution in [1.82, 2.24) is 5.32 Å². The normalized spacial score (nSPS) is 16.0. The van der Waals surface area contributed by atoms with E-state index < -0.39 is 0 Å². The first-order valence-electron chi connectivity index (χ1n) is 6.90. The molecule has 6 heteroatoms. The quantitative estimate of drug-likeness (QED) is 0.913. The van der Waals surface area contributed by atoms with Crippen molar-refractivity contribution in [3.8, 4) is 11.5 Å². The second-order valence-corrected chi connectivity index (χ2v) is 5.22. The first-order valence-corrected chi connectivity index (χ1v) is 7.28. The molecule has 3 rings (SSSR count). The number of urea groups is 1. The number of hydrogen-bond donors (Lipinski definition) is 2. The van der Waals surface area contributed by atoms with Crippen LogP contribution in [0.1, 0.15) is 0 Å². The molecule has 2 aromatic rings. The van der Waals surface area contributed by atoms with Gasteiger partial charge in [-0.3, -0.25) is 0 Å². The summed E-state index contributed by atoms with van der Waals surface area (Å²) in [5.74, 6) is 1.41. The fourth-order valence-electron chi connectivity index (χ4n) is 2.10. The molecule has 2 amide bonds. The second kappa shape index (κ2) is 6.58. The molecule has 2 N–H and O–H groups in total. The van der Waals surface area contributed by atoms with Crippen molar-refractivity contribution < 1.29 is 14.3 Å². The minimum Gasteiger partial charge on any atom is -0.486 e. The Balaban J connectivity index is 1.51. The van der Waals surface area contributed by atoms with Gasteiger partial charge in [0.1, 0.15) is 6.61 Å². The lowest BCUT2D eigenvalue weighted by Crippen LogP contribution is -2.42. The highest BCUT2D eigenvalue weighted by molar-refractivity contribution is 6.33. The maximum atomic E-state index is 11.9. The number of anilines is 1. The Morgan fingerprint density at radius 2 is 1.86 bits per heavy atom. The smallest absolute Gasteiger partial charge is 0.319 e. The minimum absolute atomic E-state index is 0.230. The minimum atomic E-state index is -0.337. The number of amides is 2. The zero-order valence-corrected chi connectivity index (χ0v) is 12.5. The predicted molar refractivity (Wildman–Crippen MR) is 84.8 cm³/mol. The molecule has 114 valence electrons. The zero-order valence-electron chi connectivity index (χ0n) is 11.7. The maximum absolute atomic E-state index is 11.9. The third-order valence-corrected chi connectivity index (χ3v) is 3.51. The van der Waals surface area contributed by atoms with E-state index in [-0.39, 0.29) is 12.1 Å². The Kier molecular flexibility index (Phi) is 4.34. The Bertz CT molecular complexity index is 678. The Labute approximate surface area is 133 Å². The Morgan fingerprint density at radius 1 is 1.14 bits per heavy atom. The number of carbonyl (C=O) groups excluding carboxylic acids is 1. The van der Waals surface area contributed by atoms with Gasteiger partial charge in [0.05, 0.1) is 17.3 Å². The van der Waals surface area contributed by atoms with Crippen LogP contribution >= 0.6 is 11.6 Å². The summed E-state index contributed by atoms with van der Waals surface area (Å²) < 4.78 is 11.4. The van der Waals surface area contributed by atoms with Crippen LogP contribution in [0.3, 0.4) is 0 Å². The van der Waals surface area contributed by atoms with E-state index >= 15 is 0 Å². The molecule has 5 nitrogen and oxygen atoms in total. The molecule has 0 saturated carbocycles. The molecule has 1 aliphatic heterocycles. The first-order chi connectivity index (χ1) is 10.7. The van der Waals surface area contributed by atoms with Crippen LogP contribution in [0.4, 0.5) is 10.5 Å². The number of benzene rings is 2. The molecule has 0 bridgehead atoms. The van der Waals surface area contributed by atoms with E-state index in [2.05, 4.69) is 10.6 Å². The van der Waals surface area contributed by atoms with E-state index in [1.165, 1.54) is 0 Å². The highest BCUT2D eigenvalue weighted by Crippen LogP contribution is 2.30. The van der Waals surface area contributed by atoms with Gasteiger partial charge in [0.15, 0.2) is 17.6 Å². The molecule has 0 radical (unpaired) electrons. The molecule has 0 fully saturated rings. The van der Waals surface area contributed by atoms with Crippen LogP contribution in [-0.2, 0) is 0 Å². The fraction of sp³-hybridized carbons (Fsp3) is 0.188. The number of halogens is 1. The van der Waals surface area contributed by atoms with Crippen LogP contribution in [0.25, 0.3) is 0 Å². The molecular formula is C16H15ClN2O3. The average Bonchev–Trinajstić information content (AvgIpc) is 2.55. The average molecular weight is 319 g/mol. The van der Waals surface area contributed by atoms with Gasteiger partial charge in [0.2, 0.25) is 0 Å². The molecular weight excluding hydrogens is 304 g/mol. The Morgan fingerprint density at radius 3 is 2.68 bits per heavy atom. The van der Waals surface area contributed by atoms with Crippen LogP contribution in [0.15, 0.2) is 48.5 Å². The van der Waals surface area contributed by atoms with Crippen molar-refractivity contribution in [1.29, 1.82) is 0 Å². The summed E-state index contributed by atoms with van der Waals surface area (Å²) in [6.45, 7) is 0.730. The molecule has 1 unspecified atom stereocenters. The summed E-state index contributed by atoms with van der Waals surface area (Å²) in [4.78, 5) is 11.9.